The number of rotatable bonds is 3. The molecule has 0 bridgehead atoms. The Labute approximate surface area is 108 Å². The fourth-order valence-electron chi connectivity index (χ4n) is 1.51. The first kappa shape index (κ1) is 12.6. The number of hydrogen-bond donors (Lipinski definition) is 0. The van der Waals surface area contributed by atoms with E-state index in [1.807, 2.05) is 31.2 Å². The molecule has 0 saturated carbocycles. The van der Waals surface area contributed by atoms with Crippen LogP contribution in [-0.2, 0) is 0 Å². The Morgan fingerprint density at radius 2 is 1.89 bits per heavy atom. The number of nitro groups is 1. The molecular weight excluding hydrogens is 253 g/mol. The summed E-state index contributed by atoms with van der Waals surface area (Å²) in [6.07, 6.45) is 0. The van der Waals surface area contributed by atoms with Crippen molar-refractivity contribution in [2.24, 2.45) is 0 Å². The van der Waals surface area contributed by atoms with Gasteiger partial charge in [-0.2, -0.15) is 0 Å². The molecule has 2 rings (SSSR count). The lowest BCUT2D eigenvalue weighted by molar-refractivity contribution is -0.387. The van der Waals surface area contributed by atoms with E-state index in [4.69, 9.17) is 0 Å². The molecule has 0 fully saturated rings. The molecule has 0 N–H and O–H groups in total. The molecule has 5 heteroatoms. The van der Waals surface area contributed by atoms with Gasteiger partial charge >= 0.3 is 0 Å². The molecule has 0 amide bonds. The van der Waals surface area contributed by atoms with E-state index in [2.05, 4.69) is 0 Å². The van der Waals surface area contributed by atoms with Crippen LogP contribution >= 0.6 is 11.8 Å². The average Bonchev–Trinajstić information content (AvgIpc) is 2.34. The maximum atomic E-state index is 13.0. The second kappa shape index (κ2) is 5.18. The van der Waals surface area contributed by atoms with Gasteiger partial charge in [0.25, 0.3) is 5.69 Å². The average molecular weight is 263 g/mol. The quantitative estimate of drug-likeness (QED) is 0.616. The molecule has 0 spiro atoms. The van der Waals surface area contributed by atoms with E-state index in [0.29, 0.717) is 4.90 Å². The summed E-state index contributed by atoms with van der Waals surface area (Å²) in [5, 5.41) is 10.9. The zero-order valence-corrected chi connectivity index (χ0v) is 10.4. The second-order valence-corrected chi connectivity index (χ2v) is 4.82. The van der Waals surface area contributed by atoms with Crippen molar-refractivity contribution in [3.8, 4) is 0 Å². The normalized spacial score (nSPS) is 10.3. The topological polar surface area (TPSA) is 43.1 Å². The standard InChI is InChI=1S/C13H10FNO2S/c1-9-4-2-3-5-12(9)18-13-7-6-10(14)8-11(13)15(16)17/h2-8H,1H3. The van der Waals surface area contributed by atoms with Crippen molar-refractivity contribution >= 4 is 17.4 Å². The lowest BCUT2D eigenvalue weighted by Gasteiger charge is -2.05. The molecule has 2 aromatic carbocycles. The summed E-state index contributed by atoms with van der Waals surface area (Å²) in [6.45, 7) is 1.93. The van der Waals surface area contributed by atoms with Crippen LogP contribution in [0.4, 0.5) is 10.1 Å². The minimum Gasteiger partial charge on any atom is -0.258 e. The maximum absolute atomic E-state index is 13.0. The van der Waals surface area contributed by atoms with Gasteiger partial charge in [0.15, 0.2) is 0 Å². The third kappa shape index (κ3) is 2.68. The summed E-state index contributed by atoms with van der Waals surface area (Å²) < 4.78 is 13.0. The van der Waals surface area contributed by atoms with Crippen LogP contribution in [-0.4, -0.2) is 4.92 Å². The zero-order chi connectivity index (χ0) is 13.1. The number of halogens is 1. The zero-order valence-electron chi connectivity index (χ0n) is 9.59. The van der Waals surface area contributed by atoms with Crippen LogP contribution in [0.1, 0.15) is 5.56 Å². The summed E-state index contributed by atoms with van der Waals surface area (Å²) in [4.78, 5) is 11.7. The van der Waals surface area contributed by atoms with Crippen LogP contribution in [0, 0.1) is 22.9 Å². The molecule has 2 aromatic rings. The van der Waals surface area contributed by atoms with Gasteiger partial charge in [-0.15, -0.1) is 0 Å². The first-order valence-corrected chi connectivity index (χ1v) is 6.07. The fraction of sp³-hybridized carbons (Fsp3) is 0.0769. The number of aryl methyl sites for hydroxylation is 1. The summed E-state index contributed by atoms with van der Waals surface area (Å²) in [7, 11) is 0. The number of benzene rings is 2. The third-order valence-corrected chi connectivity index (χ3v) is 3.67. The van der Waals surface area contributed by atoms with Crippen molar-refractivity contribution in [2.45, 2.75) is 16.7 Å². The lowest BCUT2D eigenvalue weighted by Crippen LogP contribution is -1.92. The molecule has 0 heterocycles. The third-order valence-electron chi connectivity index (χ3n) is 2.43. The van der Waals surface area contributed by atoms with Crippen molar-refractivity contribution in [3.05, 3.63) is 64.0 Å². The molecule has 0 atom stereocenters. The van der Waals surface area contributed by atoms with Gasteiger partial charge in [-0.1, -0.05) is 30.0 Å². The Hall–Kier alpha value is -1.88. The Balaban J connectivity index is 2.41. The van der Waals surface area contributed by atoms with Gasteiger partial charge < -0.3 is 0 Å². The van der Waals surface area contributed by atoms with E-state index in [9.17, 15) is 14.5 Å². The van der Waals surface area contributed by atoms with Crippen LogP contribution in [0.15, 0.2) is 52.3 Å². The van der Waals surface area contributed by atoms with E-state index >= 15 is 0 Å². The fourth-order valence-corrected chi connectivity index (χ4v) is 2.50. The Kier molecular flexibility index (Phi) is 3.62. The molecule has 18 heavy (non-hydrogen) atoms. The molecule has 0 aliphatic carbocycles. The van der Waals surface area contributed by atoms with Gasteiger partial charge in [-0.25, -0.2) is 4.39 Å². The first-order valence-electron chi connectivity index (χ1n) is 5.25. The molecule has 0 saturated heterocycles. The maximum Gasteiger partial charge on any atom is 0.286 e. The van der Waals surface area contributed by atoms with Gasteiger partial charge in [0.05, 0.1) is 15.9 Å². The highest BCUT2D eigenvalue weighted by Crippen LogP contribution is 2.36. The molecule has 3 nitrogen and oxygen atoms in total. The van der Waals surface area contributed by atoms with E-state index in [1.54, 1.807) is 0 Å². The Morgan fingerprint density at radius 1 is 1.17 bits per heavy atom. The lowest BCUT2D eigenvalue weighted by atomic mass is 10.2. The molecule has 0 unspecified atom stereocenters. The van der Waals surface area contributed by atoms with Crippen LogP contribution in [0.25, 0.3) is 0 Å². The first-order chi connectivity index (χ1) is 8.58. The number of nitro benzene ring substituents is 1. The predicted octanol–water partition coefficient (Wildman–Crippen LogP) is 4.19. The summed E-state index contributed by atoms with van der Waals surface area (Å²) in [5.41, 5.74) is 0.823. The molecule has 0 aliphatic rings. The Bertz CT molecular complexity index is 601. The Morgan fingerprint density at radius 3 is 2.56 bits per heavy atom. The van der Waals surface area contributed by atoms with Gasteiger partial charge in [0.1, 0.15) is 5.82 Å². The summed E-state index contributed by atoms with van der Waals surface area (Å²) in [6, 6.07) is 11.2. The van der Waals surface area contributed by atoms with Crippen molar-refractivity contribution in [2.75, 3.05) is 0 Å². The number of hydrogen-bond acceptors (Lipinski definition) is 3. The van der Waals surface area contributed by atoms with Crippen LogP contribution < -0.4 is 0 Å². The minimum atomic E-state index is -0.601. The van der Waals surface area contributed by atoms with Crippen LogP contribution in [0.3, 0.4) is 0 Å². The molecule has 92 valence electrons. The van der Waals surface area contributed by atoms with Crippen molar-refractivity contribution in [1.82, 2.24) is 0 Å². The van der Waals surface area contributed by atoms with E-state index < -0.39 is 10.7 Å². The largest absolute Gasteiger partial charge is 0.286 e. The number of nitrogens with zero attached hydrogens (tertiary/aromatic N) is 1. The molecule has 0 aromatic heterocycles. The van der Waals surface area contributed by atoms with Gasteiger partial charge in [-0.05, 0) is 30.7 Å². The van der Waals surface area contributed by atoms with Crippen molar-refractivity contribution in [1.29, 1.82) is 0 Å². The highest BCUT2D eigenvalue weighted by molar-refractivity contribution is 7.99. The molecule has 0 aliphatic heterocycles. The molecule has 0 radical (unpaired) electrons. The van der Waals surface area contributed by atoms with Crippen molar-refractivity contribution in [3.63, 3.8) is 0 Å². The van der Waals surface area contributed by atoms with E-state index in [-0.39, 0.29) is 5.69 Å². The van der Waals surface area contributed by atoms with Crippen molar-refractivity contribution < 1.29 is 9.31 Å². The minimum absolute atomic E-state index is 0.205. The van der Waals surface area contributed by atoms with Gasteiger partial charge in [0.2, 0.25) is 0 Å². The van der Waals surface area contributed by atoms with Gasteiger partial charge in [0, 0.05) is 4.90 Å². The highest BCUT2D eigenvalue weighted by Gasteiger charge is 2.16. The predicted molar refractivity (Wildman–Crippen MR) is 68.4 cm³/mol. The van der Waals surface area contributed by atoms with Crippen LogP contribution in [0.5, 0.6) is 0 Å². The highest BCUT2D eigenvalue weighted by atomic mass is 32.2. The SMILES string of the molecule is Cc1ccccc1Sc1ccc(F)cc1[N+](=O)[O-]. The smallest absolute Gasteiger partial charge is 0.258 e. The van der Waals surface area contributed by atoms with E-state index in [0.717, 1.165) is 16.5 Å². The second-order valence-electron chi connectivity index (χ2n) is 3.74. The van der Waals surface area contributed by atoms with Gasteiger partial charge in [-0.3, -0.25) is 10.1 Å². The summed E-state index contributed by atoms with van der Waals surface area (Å²) in [5.74, 6) is -0.601. The monoisotopic (exact) mass is 263 g/mol. The van der Waals surface area contributed by atoms with E-state index in [1.165, 1.54) is 23.9 Å². The molecular formula is C13H10FNO2S. The van der Waals surface area contributed by atoms with Crippen LogP contribution in [0.2, 0.25) is 0 Å². The summed E-state index contributed by atoms with van der Waals surface area (Å²) >= 11 is 1.27.